The fourth-order valence-electron chi connectivity index (χ4n) is 2.93. The maximum Gasteiger partial charge on any atom is 0.227 e. The summed E-state index contributed by atoms with van der Waals surface area (Å²) < 4.78 is 5.32. The van der Waals surface area contributed by atoms with E-state index in [9.17, 15) is 4.79 Å². The van der Waals surface area contributed by atoms with E-state index in [1.54, 1.807) is 7.11 Å². The van der Waals surface area contributed by atoms with Crippen molar-refractivity contribution in [3.8, 4) is 5.75 Å². The highest BCUT2D eigenvalue weighted by Gasteiger charge is 2.26. The van der Waals surface area contributed by atoms with Gasteiger partial charge >= 0.3 is 0 Å². The van der Waals surface area contributed by atoms with Gasteiger partial charge in [0.1, 0.15) is 5.75 Å². The second-order valence-electron chi connectivity index (χ2n) is 5.30. The standard InChI is InChI=1S/C16H24N2O2.ClH/c1-20-15-8-3-2-6-13(15)12-16(19)18-11-5-4-7-14(18)9-10-17;/h2-3,6,8,14H,4-5,7,9-12,17H2,1H3;1H. The lowest BCUT2D eigenvalue weighted by molar-refractivity contribution is -0.134. The molecule has 1 aliphatic rings. The van der Waals surface area contributed by atoms with Gasteiger partial charge in [-0.15, -0.1) is 12.4 Å². The van der Waals surface area contributed by atoms with Gasteiger partial charge in [0.15, 0.2) is 0 Å². The number of benzene rings is 1. The van der Waals surface area contributed by atoms with Crippen LogP contribution in [-0.4, -0.2) is 37.0 Å². The van der Waals surface area contributed by atoms with Crippen LogP contribution in [0.15, 0.2) is 24.3 Å². The first-order chi connectivity index (χ1) is 9.76. The first-order valence-corrected chi connectivity index (χ1v) is 7.37. The average molecular weight is 313 g/mol. The van der Waals surface area contributed by atoms with Crippen molar-refractivity contribution in [2.75, 3.05) is 20.2 Å². The summed E-state index contributed by atoms with van der Waals surface area (Å²) >= 11 is 0. The summed E-state index contributed by atoms with van der Waals surface area (Å²) in [7, 11) is 1.64. The molecule has 5 heteroatoms. The molecule has 0 radical (unpaired) electrons. The number of methoxy groups -OCH3 is 1. The summed E-state index contributed by atoms with van der Waals surface area (Å²) in [5, 5.41) is 0. The van der Waals surface area contributed by atoms with Crippen molar-refractivity contribution in [1.29, 1.82) is 0 Å². The van der Waals surface area contributed by atoms with Gasteiger partial charge < -0.3 is 15.4 Å². The zero-order chi connectivity index (χ0) is 14.4. The van der Waals surface area contributed by atoms with Crippen LogP contribution in [0.4, 0.5) is 0 Å². The third-order valence-corrected chi connectivity index (χ3v) is 3.98. The van der Waals surface area contributed by atoms with Crippen LogP contribution in [0.2, 0.25) is 0 Å². The lowest BCUT2D eigenvalue weighted by Crippen LogP contribution is -2.45. The third kappa shape index (κ3) is 4.61. The van der Waals surface area contributed by atoms with Gasteiger partial charge in [0, 0.05) is 18.2 Å². The molecule has 1 saturated heterocycles. The summed E-state index contributed by atoms with van der Waals surface area (Å²) in [6, 6.07) is 8.04. The minimum atomic E-state index is 0. The first kappa shape index (κ1) is 17.8. The fraction of sp³-hybridized carbons (Fsp3) is 0.562. The normalized spacial score (nSPS) is 18.0. The Morgan fingerprint density at radius 1 is 1.38 bits per heavy atom. The van der Waals surface area contributed by atoms with Gasteiger partial charge in [0.05, 0.1) is 13.5 Å². The Morgan fingerprint density at radius 2 is 2.14 bits per heavy atom. The van der Waals surface area contributed by atoms with Crippen molar-refractivity contribution in [3.63, 3.8) is 0 Å². The average Bonchev–Trinajstić information content (AvgIpc) is 2.48. The molecule has 1 amide bonds. The van der Waals surface area contributed by atoms with E-state index in [2.05, 4.69) is 0 Å². The maximum absolute atomic E-state index is 12.6. The van der Waals surface area contributed by atoms with E-state index in [0.717, 1.165) is 37.1 Å². The van der Waals surface area contributed by atoms with Crippen molar-refractivity contribution >= 4 is 18.3 Å². The van der Waals surface area contributed by atoms with Crippen molar-refractivity contribution < 1.29 is 9.53 Å². The number of carbonyl (C=O) groups excluding carboxylic acids is 1. The zero-order valence-corrected chi connectivity index (χ0v) is 13.4. The number of halogens is 1. The minimum Gasteiger partial charge on any atom is -0.496 e. The number of ether oxygens (including phenoxy) is 1. The van der Waals surface area contributed by atoms with Gasteiger partial charge in [-0.25, -0.2) is 0 Å². The molecule has 0 aliphatic carbocycles. The second-order valence-corrected chi connectivity index (χ2v) is 5.30. The van der Waals surface area contributed by atoms with Gasteiger partial charge in [0.2, 0.25) is 5.91 Å². The quantitative estimate of drug-likeness (QED) is 0.908. The Morgan fingerprint density at radius 3 is 2.86 bits per heavy atom. The van der Waals surface area contributed by atoms with Crippen LogP contribution in [0.1, 0.15) is 31.2 Å². The molecular formula is C16H25ClN2O2. The molecule has 1 aliphatic heterocycles. The number of carbonyl (C=O) groups is 1. The van der Waals surface area contributed by atoms with Crippen molar-refractivity contribution in [2.45, 2.75) is 38.1 Å². The number of hydrogen-bond acceptors (Lipinski definition) is 3. The fourth-order valence-corrected chi connectivity index (χ4v) is 2.93. The molecule has 118 valence electrons. The zero-order valence-electron chi connectivity index (χ0n) is 12.6. The summed E-state index contributed by atoms with van der Waals surface area (Å²) in [4.78, 5) is 14.6. The molecule has 4 nitrogen and oxygen atoms in total. The molecule has 2 N–H and O–H groups in total. The minimum absolute atomic E-state index is 0. The molecule has 0 aromatic heterocycles. The summed E-state index contributed by atoms with van der Waals surface area (Å²) in [6.07, 6.45) is 4.68. The van der Waals surface area contributed by atoms with Crippen molar-refractivity contribution in [1.82, 2.24) is 4.90 Å². The number of nitrogens with two attached hydrogens (primary N) is 1. The van der Waals surface area contributed by atoms with E-state index in [0.29, 0.717) is 19.0 Å². The predicted molar refractivity (Wildman–Crippen MR) is 87.0 cm³/mol. The summed E-state index contributed by atoms with van der Waals surface area (Å²) in [5.41, 5.74) is 6.62. The highest BCUT2D eigenvalue weighted by Crippen LogP contribution is 2.23. The van der Waals surface area contributed by atoms with E-state index < -0.39 is 0 Å². The lowest BCUT2D eigenvalue weighted by atomic mass is 9.98. The first-order valence-electron chi connectivity index (χ1n) is 7.37. The van der Waals surface area contributed by atoms with Crippen LogP contribution in [-0.2, 0) is 11.2 Å². The Balaban J connectivity index is 0.00000220. The van der Waals surface area contributed by atoms with Crippen LogP contribution >= 0.6 is 12.4 Å². The van der Waals surface area contributed by atoms with E-state index in [1.807, 2.05) is 29.2 Å². The maximum atomic E-state index is 12.6. The number of likely N-dealkylation sites (tertiary alicyclic amines) is 1. The van der Waals surface area contributed by atoms with Gasteiger partial charge in [-0.3, -0.25) is 4.79 Å². The monoisotopic (exact) mass is 312 g/mol. The van der Waals surface area contributed by atoms with E-state index in [1.165, 1.54) is 6.42 Å². The molecule has 1 heterocycles. The number of piperidine rings is 1. The van der Waals surface area contributed by atoms with Gasteiger partial charge in [-0.05, 0) is 38.3 Å². The van der Waals surface area contributed by atoms with Crippen molar-refractivity contribution in [3.05, 3.63) is 29.8 Å². The van der Waals surface area contributed by atoms with E-state index in [-0.39, 0.29) is 18.3 Å². The van der Waals surface area contributed by atoms with Crippen LogP contribution in [0, 0.1) is 0 Å². The molecular weight excluding hydrogens is 288 g/mol. The largest absolute Gasteiger partial charge is 0.496 e. The molecule has 1 fully saturated rings. The number of hydrogen-bond donors (Lipinski definition) is 1. The second kappa shape index (κ2) is 8.90. The molecule has 1 atom stereocenters. The summed E-state index contributed by atoms with van der Waals surface area (Å²) in [6.45, 7) is 1.50. The molecule has 21 heavy (non-hydrogen) atoms. The molecule has 1 aromatic rings. The van der Waals surface area contributed by atoms with Crippen LogP contribution < -0.4 is 10.5 Å². The molecule has 0 spiro atoms. The topological polar surface area (TPSA) is 55.6 Å². The smallest absolute Gasteiger partial charge is 0.227 e. The molecule has 1 unspecified atom stereocenters. The number of para-hydroxylation sites is 1. The SMILES string of the molecule is COc1ccccc1CC(=O)N1CCCCC1CCN.Cl. The van der Waals surface area contributed by atoms with Gasteiger partial charge in [-0.2, -0.15) is 0 Å². The molecule has 0 saturated carbocycles. The predicted octanol–water partition coefficient (Wildman–Crippen LogP) is 2.39. The Bertz CT molecular complexity index is 452. The third-order valence-electron chi connectivity index (χ3n) is 3.98. The Hall–Kier alpha value is -1.26. The van der Waals surface area contributed by atoms with Gasteiger partial charge in [0.25, 0.3) is 0 Å². The van der Waals surface area contributed by atoms with Crippen LogP contribution in [0.25, 0.3) is 0 Å². The molecule has 1 aromatic carbocycles. The highest BCUT2D eigenvalue weighted by atomic mass is 35.5. The van der Waals surface area contributed by atoms with Crippen LogP contribution in [0.3, 0.4) is 0 Å². The number of rotatable bonds is 5. The highest BCUT2D eigenvalue weighted by molar-refractivity contribution is 5.85. The number of amides is 1. The molecule has 2 rings (SSSR count). The summed E-state index contributed by atoms with van der Waals surface area (Å²) in [5.74, 6) is 0.973. The Labute approximate surface area is 133 Å². The Kier molecular flexibility index (Phi) is 7.54. The van der Waals surface area contributed by atoms with E-state index in [4.69, 9.17) is 10.5 Å². The molecule has 0 bridgehead atoms. The van der Waals surface area contributed by atoms with E-state index >= 15 is 0 Å². The van der Waals surface area contributed by atoms with Crippen molar-refractivity contribution in [2.24, 2.45) is 5.73 Å². The van der Waals surface area contributed by atoms with Gasteiger partial charge in [-0.1, -0.05) is 18.2 Å². The number of nitrogens with zero attached hydrogens (tertiary/aromatic N) is 1. The lowest BCUT2D eigenvalue weighted by Gasteiger charge is -2.36. The van der Waals surface area contributed by atoms with Crippen LogP contribution in [0.5, 0.6) is 5.75 Å².